The minimum atomic E-state index is 0. The van der Waals surface area contributed by atoms with Gasteiger partial charge in [0.15, 0.2) is 5.78 Å². The van der Waals surface area contributed by atoms with Crippen LogP contribution in [0.25, 0.3) is 0 Å². The Kier molecular flexibility index (Phi) is 6.54. The van der Waals surface area contributed by atoms with Crippen molar-refractivity contribution in [3.63, 3.8) is 0 Å². The summed E-state index contributed by atoms with van der Waals surface area (Å²) in [5.74, 6) is 1.64. The quantitative estimate of drug-likeness (QED) is 0.847. The van der Waals surface area contributed by atoms with Crippen molar-refractivity contribution in [1.82, 2.24) is 5.32 Å². The molecule has 0 radical (unpaired) electrons. The minimum absolute atomic E-state index is 0. The van der Waals surface area contributed by atoms with Crippen LogP contribution >= 0.6 is 12.4 Å². The lowest BCUT2D eigenvalue weighted by Gasteiger charge is -2.30. The summed E-state index contributed by atoms with van der Waals surface area (Å²) in [6.07, 6.45) is 8.34. The summed E-state index contributed by atoms with van der Waals surface area (Å²) in [5, 5.41) is 15.0. The number of nitrogens with zero attached hydrogens (tertiary/aromatic N) is 3. The molecule has 2 aliphatic heterocycles. The van der Waals surface area contributed by atoms with E-state index in [-0.39, 0.29) is 18.4 Å². The number of rotatable bonds is 5. The Balaban J connectivity index is 0.00000196. The van der Waals surface area contributed by atoms with E-state index in [9.17, 15) is 4.79 Å². The molecule has 0 aromatic heterocycles. The molecule has 1 saturated carbocycles. The highest BCUT2D eigenvalue weighted by atomic mass is 35.5. The molecule has 2 heterocycles. The molecule has 1 aliphatic carbocycles. The first-order valence-electron chi connectivity index (χ1n) is 9.60. The van der Waals surface area contributed by atoms with Crippen LogP contribution in [0.4, 0.5) is 0 Å². The van der Waals surface area contributed by atoms with Crippen molar-refractivity contribution in [3.05, 3.63) is 35.4 Å². The standard InChI is InChI=1S/C20H26N4O.ClH/c25-19(20-17(10-11-21-20)15-4-2-1-3-5-15)12-14-6-8-16(9-7-14)18-13-22-24-23-18;/h6-9,15,17,20-21H,1-5,10-13H2;1H/t17-,20-;/m0./s1. The third-order valence-corrected chi connectivity index (χ3v) is 5.99. The predicted octanol–water partition coefficient (Wildman–Crippen LogP) is 3.95. The van der Waals surface area contributed by atoms with Crippen LogP contribution < -0.4 is 5.32 Å². The maximum Gasteiger partial charge on any atom is 0.154 e. The van der Waals surface area contributed by atoms with E-state index in [1.165, 1.54) is 32.1 Å². The molecular formula is C20H27ClN4O. The fourth-order valence-electron chi connectivity index (χ4n) is 4.64. The fraction of sp³-hybridized carbons (Fsp3) is 0.600. The highest BCUT2D eigenvalue weighted by molar-refractivity contribution is 6.02. The number of hydrogen-bond acceptors (Lipinski definition) is 5. The highest BCUT2D eigenvalue weighted by Crippen LogP contribution is 2.36. The van der Waals surface area contributed by atoms with E-state index in [1.807, 2.05) is 24.3 Å². The van der Waals surface area contributed by atoms with Gasteiger partial charge in [0.2, 0.25) is 0 Å². The molecule has 4 rings (SSSR count). The molecule has 1 aromatic rings. The first-order valence-corrected chi connectivity index (χ1v) is 9.60. The number of carbonyl (C=O) groups is 1. The van der Waals surface area contributed by atoms with Gasteiger partial charge in [0.05, 0.1) is 11.8 Å². The van der Waals surface area contributed by atoms with Gasteiger partial charge in [0, 0.05) is 6.42 Å². The molecule has 2 atom stereocenters. The molecule has 5 nitrogen and oxygen atoms in total. The topological polar surface area (TPSA) is 66.2 Å². The van der Waals surface area contributed by atoms with Crippen LogP contribution in [-0.4, -0.2) is 30.6 Å². The third kappa shape index (κ3) is 4.21. The van der Waals surface area contributed by atoms with Crippen molar-refractivity contribution in [2.24, 2.45) is 27.3 Å². The van der Waals surface area contributed by atoms with Gasteiger partial charge in [-0.15, -0.1) is 17.5 Å². The molecule has 0 spiro atoms. The van der Waals surface area contributed by atoms with Crippen LogP contribution in [0.3, 0.4) is 0 Å². The number of benzene rings is 1. The lowest BCUT2D eigenvalue weighted by atomic mass is 9.75. The number of hydrogen-bond donors (Lipinski definition) is 1. The van der Waals surface area contributed by atoms with Crippen molar-refractivity contribution in [2.45, 2.75) is 51.0 Å². The molecule has 0 unspecified atom stereocenters. The van der Waals surface area contributed by atoms with Crippen LogP contribution in [0.15, 0.2) is 39.7 Å². The SMILES string of the molecule is Cl.O=C(Cc1ccc(C2=NN=NC2)cc1)[C@H]1NCC[C@H]1C1CCCCC1. The van der Waals surface area contributed by atoms with Crippen LogP contribution in [0.1, 0.15) is 49.7 Å². The van der Waals surface area contributed by atoms with E-state index in [0.29, 0.717) is 24.7 Å². The van der Waals surface area contributed by atoms with Gasteiger partial charge in [-0.2, -0.15) is 5.11 Å². The van der Waals surface area contributed by atoms with Gasteiger partial charge in [-0.1, -0.05) is 56.4 Å². The second kappa shape index (κ2) is 8.87. The maximum atomic E-state index is 12.9. The Morgan fingerprint density at radius 2 is 1.85 bits per heavy atom. The van der Waals surface area contributed by atoms with Gasteiger partial charge < -0.3 is 5.32 Å². The Morgan fingerprint density at radius 1 is 1.08 bits per heavy atom. The molecule has 26 heavy (non-hydrogen) atoms. The number of Topliss-reactive ketones (excluding diaryl/α,β-unsaturated/α-hetero) is 1. The van der Waals surface area contributed by atoms with E-state index in [1.54, 1.807) is 0 Å². The number of nitrogens with one attached hydrogen (secondary N) is 1. The number of halogens is 1. The minimum Gasteiger partial charge on any atom is -0.307 e. The van der Waals surface area contributed by atoms with Gasteiger partial charge >= 0.3 is 0 Å². The number of carbonyl (C=O) groups excluding carboxylic acids is 1. The zero-order valence-electron chi connectivity index (χ0n) is 15.1. The number of ketones is 1. The summed E-state index contributed by atoms with van der Waals surface area (Å²) in [4.78, 5) is 12.9. The van der Waals surface area contributed by atoms with E-state index in [4.69, 9.17) is 0 Å². The summed E-state index contributed by atoms with van der Waals surface area (Å²) in [5.41, 5.74) is 3.02. The summed E-state index contributed by atoms with van der Waals surface area (Å²) < 4.78 is 0. The van der Waals surface area contributed by atoms with Crippen molar-refractivity contribution >= 4 is 23.9 Å². The van der Waals surface area contributed by atoms with Crippen molar-refractivity contribution in [3.8, 4) is 0 Å². The molecule has 0 bridgehead atoms. The fourth-order valence-corrected chi connectivity index (χ4v) is 4.64. The van der Waals surface area contributed by atoms with Crippen molar-refractivity contribution in [2.75, 3.05) is 13.1 Å². The van der Waals surface area contributed by atoms with E-state index >= 15 is 0 Å². The average molecular weight is 375 g/mol. The van der Waals surface area contributed by atoms with E-state index in [0.717, 1.165) is 35.7 Å². The summed E-state index contributed by atoms with van der Waals surface area (Å²) in [6.45, 7) is 1.54. The highest BCUT2D eigenvalue weighted by Gasteiger charge is 2.37. The molecule has 1 saturated heterocycles. The summed E-state index contributed by atoms with van der Waals surface area (Å²) in [7, 11) is 0. The Bertz CT molecular complexity index is 680. The summed E-state index contributed by atoms with van der Waals surface area (Å²) in [6, 6.07) is 8.19. The van der Waals surface area contributed by atoms with Crippen LogP contribution in [0, 0.1) is 11.8 Å². The zero-order valence-corrected chi connectivity index (χ0v) is 15.9. The largest absolute Gasteiger partial charge is 0.307 e. The predicted molar refractivity (Wildman–Crippen MR) is 105 cm³/mol. The first-order chi connectivity index (χ1) is 12.3. The van der Waals surface area contributed by atoms with Gasteiger partial charge in [-0.05, 0) is 41.2 Å². The molecule has 0 amide bonds. The van der Waals surface area contributed by atoms with Crippen molar-refractivity contribution < 1.29 is 4.79 Å². The van der Waals surface area contributed by atoms with Gasteiger partial charge in [0.25, 0.3) is 0 Å². The molecular weight excluding hydrogens is 348 g/mol. The molecule has 1 N–H and O–H groups in total. The van der Waals surface area contributed by atoms with Gasteiger partial charge in [0.1, 0.15) is 6.54 Å². The normalized spacial score (nSPS) is 25.8. The van der Waals surface area contributed by atoms with Crippen molar-refractivity contribution in [1.29, 1.82) is 0 Å². The monoisotopic (exact) mass is 374 g/mol. The molecule has 3 aliphatic rings. The second-order valence-electron chi connectivity index (χ2n) is 7.56. The van der Waals surface area contributed by atoms with Crippen LogP contribution in [0.2, 0.25) is 0 Å². The van der Waals surface area contributed by atoms with Gasteiger partial charge in [-0.25, -0.2) is 0 Å². The molecule has 6 heteroatoms. The lowest BCUT2D eigenvalue weighted by Crippen LogP contribution is -2.40. The van der Waals surface area contributed by atoms with Crippen LogP contribution in [0.5, 0.6) is 0 Å². The first kappa shape index (κ1) is 19.2. The maximum absolute atomic E-state index is 12.9. The second-order valence-corrected chi connectivity index (χ2v) is 7.56. The Morgan fingerprint density at radius 3 is 2.54 bits per heavy atom. The van der Waals surface area contributed by atoms with E-state index in [2.05, 4.69) is 20.8 Å². The molecule has 1 aromatic carbocycles. The van der Waals surface area contributed by atoms with Gasteiger partial charge in [-0.3, -0.25) is 4.79 Å². The zero-order chi connectivity index (χ0) is 17.1. The van der Waals surface area contributed by atoms with E-state index < -0.39 is 0 Å². The summed E-state index contributed by atoms with van der Waals surface area (Å²) >= 11 is 0. The lowest BCUT2D eigenvalue weighted by molar-refractivity contribution is -0.121. The molecule has 140 valence electrons. The average Bonchev–Trinajstić information content (AvgIpc) is 3.35. The molecule has 2 fully saturated rings. The Labute approximate surface area is 161 Å². The third-order valence-electron chi connectivity index (χ3n) is 5.99. The smallest absolute Gasteiger partial charge is 0.154 e. The van der Waals surface area contributed by atoms with Crippen LogP contribution in [-0.2, 0) is 11.2 Å². The Hall–Kier alpha value is -1.59.